The number of fused-ring (bicyclic) bond motifs is 2. The van der Waals surface area contributed by atoms with Gasteiger partial charge in [-0.1, -0.05) is 12.2 Å². The fourth-order valence-electron chi connectivity index (χ4n) is 2.77. The molecule has 84 valence electrons. The highest BCUT2D eigenvalue weighted by Gasteiger charge is 2.36. The fourth-order valence-corrected chi connectivity index (χ4v) is 2.77. The molecule has 2 bridgehead atoms. The molecule has 0 radical (unpaired) electrons. The lowest BCUT2D eigenvalue weighted by atomic mass is 9.67. The molecule has 15 heavy (non-hydrogen) atoms. The van der Waals surface area contributed by atoms with Crippen LogP contribution in [0.3, 0.4) is 0 Å². The van der Waals surface area contributed by atoms with Crippen LogP contribution in [0, 0.1) is 17.8 Å². The van der Waals surface area contributed by atoms with Crippen LogP contribution in [0.5, 0.6) is 0 Å². The summed E-state index contributed by atoms with van der Waals surface area (Å²) in [7, 11) is 0. The van der Waals surface area contributed by atoms with Crippen molar-refractivity contribution >= 4 is 5.78 Å². The number of halogens is 1. The lowest BCUT2D eigenvalue weighted by molar-refractivity contribution is -0.130. The Kier molecular flexibility index (Phi) is 2.70. The molecule has 1 nitrogen and oxygen atoms in total. The largest absolute Gasteiger partial charge is 0.296 e. The fraction of sp³-hybridized carbons (Fsp3) is 0.769. The maximum atomic E-state index is 13.4. The third-order valence-corrected chi connectivity index (χ3v) is 3.82. The Morgan fingerprint density at radius 2 is 2.13 bits per heavy atom. The number of alkyl halides is 1. The van der Waals surface area contributed by atoms with Crippen molar-refractivity contribution in [2.24, 2.45) is 17.8 Å². The Morgan fingerprint density at radius 3 is 2.53 bits per heavy atom. The predicted molar refractivity (Wildman–Crippen MR) is 58.3 cm³/mol. The summed E-state index contributed by atoms with van der Waals surface area (Å²) < 4.78 is 13.4. The van der Waals surface area contributed by atoms with Gasteiger partial charge in [0, 0.05) is 6.42 Å². The van der Waals surface area contributed by atoms with Crippen LogP contribution in [-0.4, -0.2) is 11.5 Å². The molecule has 0 aromatic rings. The smallest absolute Gasteiger partial charge is 0.169 e. The first-order valence-electron chi connectivity index (χ1n) is 5.87. The van der Waals surface area contributed by atoms with Crippen LogP contribution in [-0.2, 0) is 4.79 Å². The maximum Gasteiger partial charge on any atom is 0.169 e. The summed E-state index contributed by atoms with van der Waals surface area (Å²) in [4.78, 5) is 11.6. The van der Waals surface area contributed by atoms with Crippen LogP contribution >= 0.6 is 0 Å². The Balaban J connectivity index is 1.97. The molecule has 0 aliphatic heterocycles. The van der Waals surface area contributed by atoms with E-state index in [0.29, 0.717) is 24.2 Å². The Labute approximate surface area is 90.7 Å². The summed E-state index contributed by atoms with van der Waals surface area (Å²) in [5.74, 6) is 1.35. The van der Waals surface area contributed by atoms with Gasteiger partial charge >= 0.3 is 0 Å². The van der Waals surface area contributed by atoms with E-state index < -0.39 is 5.67 Å². The van der Waals surface area contributed by atoms with Gasteiger partial charge in [0.15, 0.2) is 11.5 Å². The predicted octanol–water partition coefficient (Wildman–Crippen LogP) is 3.30. The summed E-state index contributed by atoms with van der Waals surface area (Å²) >= 11 is 0. The molecule has 1 saturated carbocycles. The highest BCUT2D eigenvalue weighted by atomic mass is 19.1. The number of hydrogen-bond donors (Lipinski definition) is 0. The van der Waals surface area contributed by atoms with E-state index in [2.05, 4.69) is 12.2 Å². The molecule has 0 saturated heterocycles. The molecule has 0 spiro atoms. The second-order valence-corrected chi connectivity index (χ2v) is 5.48. The Morgan fingerprint density at radius 1 is 1.40 bits per heavy atom. The Hall–Kier alpha value is -0.660. The van der Waals surface area contributed by atoms with Crippen molar-refractivity contribution in [3.05, 3.63) is 12.2 Å². The highest BCUT2D eigenvalue weighted by Crippen LogP contribution is 2.42. The van der Waals surface area contributed by atoms with Gasteiger partial charge in [-0.25, -0.2) is 4.39 Å². The van der Waals surface area contributed by atoms with E-state index in [1.54, 1.807) is 0 Å². The molecule has 3 atom stereocenters. The standard InChI is InChI=1S/C13H19FO/c1-13(2,14)12(15)8-11-7-9-3-5-10(11)6-4-9/h3,5,9-11H,4,6-8H2,1-2H3. The van der Waals surface area contributed by atoms with Gasteiger partial charge < -0.3 is 0 Å². The molecule has 3 unspecified atom stereocenters. The van der Waals surface area contributed by atoms with Gasteiger partial charge in [0.1, 0.15) is 0 Å². The van der Waals surface area contributed by atoms with Gasteiger partial charge in [-0.2, -0.15) is 0 Å². The van der Waals surface area contributed by atoms with Crippen LogP contribution in [0.4, 0.5) is 4.39 Å². The molecule has 0 aromatic heterocycles. The molecule has 3 aliphatic rings. The molecule has 1 fully saturated rings. The number of carbonyl (C=O) groups excluding carboxylic acids is 1. The van der Waals surface area contributed by atoms with Gasteiger partial charge in [0.2, 0.25) is 0 Å². The zero-order valence-electron chi connectivity index (χ0n) is 9.50. The molecule has 0 aromatic carbocycles. The first kappa shape index (κ1) is 10.8. The first-order chi connectivity index (χ1) is 6.97. The number of allylic oxidation sites excluding steroid dienone is 2. The van der Waals surface area contributed by atoms with E-state index in [0.717, 1.165) is 6.42 Å². The highest BCUT2D eigenvalue weighted by molar-refractivity contribution is 5.86. The lowest BCUT2D eigenvalue weighted by Gasteiger charge is -2.38. The van der Waals surface area contributed by atoms with Crippen molar-refractivity contribution in [1.82, 2.24) is 0 Å². The normalized spacial score (nSPS) is 34.5. The molecule has 3 rings (SSSR count). The Bertz CT molecular complexity index is 287. The van der Waals surface area contributed by atoms with Crippen molar-refractivity contribution in [2.75, 3.05) is 0 Å². The molecule has 0 heterocycles. The van der Waals surface area contributed by atoms with Crippen LogP contribution in [0.15, 0.2) is 12.2 Å². The van der Waals surface area contributed by atoms with E-state index in [9.17, 15) is 9.18 Å². The molecular weight excluding hydrogens is 191 g/mol. The van der Waals surface area contributed by atoms with E-state index >= 15 is 0 Å². The first-order valence-corrected chi connectivity index (χ1v) is 5.87. The topological polar surface area (TPSA) is 17.1 Å². The van der Waals surface area contributed by atoms with Gasteiger partial charge in [0.05, 0.1) is 0 Å². The van der Waals surface area contributed by atoms with Gasteiger partial charge in [-0.3, -0.25) is 4.79 Å². The molecular formula is C13H19FO. The van der Waals surface area contributed by atoms with Crippen molar-refractivity contribution in [2.45, 2.75) is 45.2 Å². The summed E-state index contributed by atoms with van der Waals surface area (Å²) in [5.41, 5.74) is -1.65. The summed E-state index contributed by atoms with van der Waals surface area (Å²) in [6.45, 7) is 2.73. The zero-order valence-corrected chi connectivity index (χ0v) is 9.50. The van der Waals surface area contributed by atoms with Crippen molar-refractivity contribution in [3.63, 3.8) is 0 Å². The summed E-state index contributed by atoms with van der Waals surface area (Å²) in [6, 6.07) is 0. The summed E-state index contributed by atoms with van der Waals surface area (Å²) in [5, 5.41) is 0. The second kappa shape index (κ2) is 3.73. The lowest BCUT2D eigenvalue weighted by Crippen LogP contribution is -2.34. The van der Waals surface area contributed by atoms with E-state index in [1.807, 2.05) is 0 Å². The van der Waals surface area contributed by atoms with Crippen molar-refractivity contribution < 1.29 is 9.18 Å². The van der Waals surface area contributed by atoms with Crippen LogP contribution in [0.1, 0.15) is 39.5 Å². The number of rotatable bonds is 3. The third-order valence-electron chi connectivity index (χ3n) is 3.82. The number of carbonyl (C=O) groups is 1. The maximum absolute atomic E-state index is 13.4. The monoisotopic (exact) mass is 210 g/mol. The third kappa shape index (κ3) is 2.30. The number of hydrogen-bond acceptors (Lipinski definition) is 1. The molecule has 3 aliphatic carbocycles. The number of Topliss-reactive ketones (excluding diaryl/α,β-unsaturated/α-hetero) is 1. The van der Waals surface area contributed by atoms with Crippen LogP contribution in [0.25, 0.3) is 0 Å². The molecule has 2 heteroatoms. The average molecular weight is 210 g/mol. The zero-order chi connectivity index (χ0) is 11.1. The minimum Gasteiger partial charge on any atom is -0.296 e. The minimum atomic E-state index is -1.65. The van der Waals surface area contributed by atoms with Gasteiger partial charge in [-0.15, -0.1) is 0 Å². The van der Waals surface area contributed by atoms with Crippen LogP contribution in [0.2, 0.25) is 0 Å². The average Bonchev–Trinajstić information content (AvgIpc) is 2.18. The molecule has 0 amide bonds. The summed E-state index contributed by atoms with van der Waals surface area (Å²) in [6.07, 6.45) is 8.46. The van der Waals surface area contributed by atoms with E-state index in [-0.39, 0.29) is 5.78 Å². The van der Waals surface area contributed by atoms with Gasteiger partial charge in [-0.05, 0) is 50.9 Å². The van der Waals surface area contributed by atoms with Crippen molar-refractivity contribution in [1.29, 1.82) is 0 Å². The van der Waals surface area contributed by atoms with E-state index in [4.69, 9.17) is 0 Å². The van der Waals surface area contributed by atoms with Crippen molar-refractivity contribution in [3.8, 4) is 0 Å². The van der Waals surface area contributed by atoms with E-state index in [1.165, 1.54) is 26.7 Å². The SMILES string of the molecule is CC(C)(F)C(=O)CC1CC2C=CC1CC2. The number of ketones is 1. The second-order valence-electron chi connectivity index (χ2n) is 5.48. The molecule has 0 N–H and O–H groups in total. The van der Waals surface area contributed by atoms with Gasteiger partial charge in [0.25, 0.3) is 0 Å². The minimum absolute atomic E-state index is 0.228. The van der Waals surface area contributed by atoms with Crippen LogP contribution < -0.4 is 0 Å². The quantitative estimate of drug-likeness (QED) is 0.653.